The summed E-state index contributed by atoms with van der Waals surface area (Å²) in [7, 11) is 0. The Morgan fingerprint density at radius 2 is 1.87 bits per heavy atom. The summed E-state index contributed by atoms with van der Waals surface area (Å²) in [5.41, 5.74) is 7.39. The lowest BCUT2D eigenvalue weighted by Gasteiger charge is -2.37. The van der Waals surface area contributed by atoms with E-state index < -0.39 is 0 Å². The highest BCUT2D eigenvalue weighted by atomic mass is 35.5. The van der Waals surface area contributed by atoms with Gasteiger partial charge < -0.3 is 5.73 Å². The Bertz CT molecular complexity index is 340. The second kappa shape index (κ2) is 4.15. The Kier molecular flexibility index (Phi) is 3.03. The average Bonchev–Trinajstić information content (AvgIpc) is 2.23. The number of hydrogen-bond donors (Lipinski definition) is 1. The predicted molar refractivity (Wildman–Crippen MR) is 64.9 cm³/mol. The summed E-state index contributed by atoms with van der Waals surface area (Å²) in [5.74, 6) is 0.809. The van der Waals surface area contributed by atoms with Crippen LogP contribution < -0.4 is 5.73 Å². The van der Waals surface area contributed by atoms with Gasteiger partial charge in [0.1, 0.15) is 0 Å². The average molecular weight is 224 g/mol. The van der Waals surface area contributed by atoms with Gasteiger partial charge >= 0.3 is 0 Å². The molecule has 0 aliphatic heterocycles. The van der Waals surface area contributed by atoms with Crippen LogP contribution in [0.4, 0.5) is 0 Å². The molecule has 1 aromatic carbocycles. The zero-order valence-corrected chi connectivity index (χ0v) is 9.93. The molecule has 1 aromatic rings. The van der Waals surface area contributed by atoms with Crippen LogP contribution in [0, 0.1) is 5.92 Å². The molecule has 1 aliphatic carbocycles. The fourth-order valence-electron chi connectivity index (χ4n) is 2.41. The summed E-state index contributed by atoms with van der Waals surface area (Å²) in [6.45, 7) is 2.30. The molecule has 82 valence electrons. The lowest BCUT2D eigenvalue weighted by molar-refractivity contribution is 0.248. The molecule has 15 heavy (non-hydrogen) atoms. The minimum atomic E-state index is -0.190. The first-order valence-electron chi connectivity index (χ1n) is 5.66. The molecule has 0 amide bonds. The van der Waals surface area contributed by atoms with E-state index in [2.05, 4.69) is 13.0 Å². The maximum Gasteiger partial charge on any atom is 0.0456 e. The lowest BCUT2D eigenvalue weighted by Crippen LogP contribution is -2.40. The van der Waals surface area contributed by atoms with Crippen molar-refractivity contribution in [3.8, 4) is 0 Å². The van der Waals surface area contributed by atoms with Crippen LogP contribution in [0.5, 0.6) is 0 Å². The monoisotopic (exact) mass is 223 g/mol. The van der Waals surface area contributed by atoms with Crippen molar-refractivity contribution >= 4 is 11.6 Å². The van der Waals surface area contributed by atoms with E-state index in [-0.39, 0.29) is 5.54 Å². The standard InChI is InChI=1S/C13H18ClN/c1-10-6-8-13(15,9-7-10)11-4-2-3-5-12(11)14/h2-5,10H,6-9,15H2,1H3. The van der Waals surface area contributed by atoms with Gasteiger partial charge in [-0.25, -0.2) is 0 Å². The van der Waals surface area contributed by atoms with Crippen molar-refractivity contribution in [2.75, 3.05) is 0 Å². The molecule has 1 fully saturated rings. The van der Waals surface area contributed by atoms with Crippen molar-refractivity contribution in [2.45, 2.75) is 38.1 Å². The summed E-state index contributed by atoms with van der Waals surface area (Å²) in [6, 6.07) is 7.98. The molecule has 2 rings (SSSR count). The van der Waals surface area contributed by atoms with E-state index >= 15 is 0 Å². The van der Waals surface area contributed by atoms with Crippen molar-refractivity contribution < 1.29 is 0 Å². The van der Waals surface area contributed by atoms with Crippen molar-refractivity contribution in [1.82, 2.24) is 0 Å². The fourth-order valence-corrected chi connectivity index (χ4v) is 2.74. The van der Waals surface area contributed by atoms with Crippen LogP contribution >= 0.6 is 11.6 Å². The van der Waals surface area contributed by atoms with Crippen LogP contribution in [-0.2, 0) is 5.54 Å². The molecule has 0 bridgehead atoms. The smallest absolute Gasteiger partial charge is 0.0456 e. The van der Waals surface area contributed by atoms with Gasteiger partial charge in [0, 0.05) is 10.6 Å². The number of hydrogen-bond acceptors (Lipinski definition) is 1. The largest absolute Gasteiger partial charge is 0.321 e. The first-order chi connectivity index (χ1) is 7.12. The normalized spacial score (nSPS) is 31.5. The number of nitrogens with two attached hydrogens (primary N) is 1. The van der Waals surface area contributed by atoms with Gasteiger partial charge in [0.25, 0.3) is 0 Å². The first kappa shape index (κ1) is 11.0. The molecule has 0 saturated heterocycles. The van der Waals surface area contributed by atoms with E-state index in [0.29, 0.717) is 0 Å². The zero-order valence-electron chi connectivity index (χ0n) is 9.17. The van der Waals surface area contributed by atoms with Gasteiger partial charge in [-0.2, -0.15) is 0 Å². The summed E-state index contributed by atoms with van der Waals surface area (Å²) in [5, 5.41) is 0.814. The van der Waals surface area contributed by atoms with Gasteiger partial charge in [-0.3, -0.25) is 0 Å². The quantitative estimate of drug-likeness (QED) is 0.772. The molecule has 0 spiro atoms. The second-order valence-corrected chi connectivity index (χ2v) is 5.23. The number of halogens is 1. The molecular formula is C13H18ClN. The molecule has 2 N–H and O–H groups in total. The Labute approximate surface area is 96.6 Å². The van der Waals surface area contributed by atoms with Crippen LogP contribution in [0.2, 0.25) is 5.02 Å². The highest BCUT2D eigenvalue weighted by Gasteiger charge is 2.33. The van der Waals surface area contributed by atoms with Crippen LogP contribution in [-0.4, -0.2) is 0 Å². The Hall–Kier alpha value is -0.530. The number of benzene rings is 1. The van der Waals surface area contributed by atoms with E-state index in [4.69, 9.17) is 17.3 Å². The topological polar surface area (TPSA) is 26.0 Å². The molecule has 0 atom stereocenters. The summed E-state index contributed by atoms with van der Waals surface area (Å²) in [4.78, 5) is 0. The van der Waals surface area contributed by atoms with E-state index in [1.54, 1.807) is 0 Å². The van der Waals surface area contributed by atoms with E-state index in [9.17, 15) is 0 Å². The highest BCUT2D eigenvalue weighted by molar-refractivity contribution is 6.31. The molecule has 1 nitrogen and oxygen atoms in total. The van der Waals surface area contributed by atoms with Crippen LogP contribution in [0.15, 0.2) is 24.3 Å². The third-order valence-corrected chi connectivity index (χ3v) is 3.91. The van der Waals surface area contributed by atoms with Crippen molar-refractivity contribution in [3.05, 3.63) is 34.9 Å². The van der Waals surface area contributed by atoms with Gasteiger partial charge in [0.15, 0.2) is 0 Å². The third-order valence-electron chi connectivity index (χ3n) is 3.58. The molecule has 0 aromatic heterocycles. The summed E-state index contributed by atoms with van der Waals surface area (Å²) in [6.07, 6.45) is 4.53. The summed E-state index contributed by atoms with van der Waals surface area (Å²) >= 11 is 6.20. The van der Waals surface area contributed by atoms with Crippen LogP contribution in [0.3, 0.4) is 0 Å². The van der Waals surface area contributed by atoms with Gasteiger partial charge in [0.2, 0.25) is 0 Å². The minimum Gasteiger partial charge on any atom is -0.321 e. The zero-order chi connectivity index (χ0) is 10.9. The lowest BCUT2D eigenvalue weighted by atomic mass is 9.74. The SMILES string of the molecule is CC1CCC(N)(c2ccccc2Cl)CC1. The summed E-state index contributed by atoms with van der Waals surface area (Å²) < 4.78 is 0. The maximum atomic E-state index is 6.46. The molecule has 0 radical (unpaired) electrons. The van der Waals surface area contributed by atoms with Crippen LogP contribution in [0.25, 0.3) is 0 Å². The maximum absolute atomic E-state index is 6.46. The molecule has 0 heterocycles. The third kappa shape index (κ3) is 2.19. The van der Waals surface area contributed by atoms with E-state index in [1.807, 2.05) is 18.2 Å². The van der Waals surface area contributed by atoms with Gasteiger partial charge in [0.05, 0.1) is 0 Å². The second-order valence-electron chi connectivity index (χ2n) is 4.82. The van der Waals surface area contributed by atoms with E-state index in [1.165, 1.54) is 12.8 Å². The Morgan fingerprint density at radius 3 is 2.47 bits per heavy atom. The van der Waals surface area contributed by atoms with Gasteiger partial charge in [-0.15, -0.1) is 0 Å². The van der Waals surface area contributed by atoms with E-state index in [0.717, 1.165) is 29.3 Å². The van der Waals surface area contributed by atoms with Crippen LogP contribution in [0.1, 0.15) is 38.2 Å². The van der Waals surface area contributed by atoms with Gasteiger partial charge in [-0.1, -0.05) is 36.7 Å². The fraction of sp³-hybridized carbons (Fsp3) is 0.538. The van der Waals surface area contributed by atoms with Crippen molar-refractivity contribution in [2.24, 2.45) is 11.7 Å². The Balaban J connectivity index is 2.26. The Morgan fingerprint density at radius 1 is 1.27 bits per heavy atom. The molecule has 2 heteroatoms. The van der Waals surface area contributed by atoms with Gasteiger partial charge in [-0.05, 0) is 43.2 Å². The molecule has 1 aliphatic rings. The minimum absolute atomic E-state index is 0.190. The molecular weight excluding hydrogens is 206 g/mol. The molecule has 1 saturated carbocycles. The predicted octanol–water partition coefficient (Wildman–Crippen LogP) is 3.70. The highest BCUT2D eigenvalue weighted by Crippen LogP contribution is 2.39. The first-order valence-corrected chi connectivity index (χ1v) is 6.03. The van der Waals surface area contributed by atoms with Crippen molar-refractivity contribution in [1.29, 1.82) is 0 Å². The number of rotatable bonds is 1. The van der Waals surface area contributed by atoms with Crippen molar-refractivity contribution in [3.63, 3.8) is 0 Å². The molecule has 0 unspecified atom stereocenters.